The molecule has 0 spiro atoms. The standard InChI is InChI=1S/C27H34N2O3/c1-5-28(6-2)21-12-10-20(11-13-21)16-24-26(31)25-18(3)15-23(30)22(27(25)32-24)17-29-14-8-7-9-19(29)4/h10-13,15-16,19,30H,5-9,14,17H2,1-4H3/b24-16-. The van der Waals surface area contributed by atoms with E-state index in [0.717, 1.165) is 49.3 Å². The van der Waals surface area contributed by atoms with Gasteiger partial charge in [0.25, 0.3) is 0 Å². The van der Waals surface area contributed by atoms with E-state index in [4.69, 9.17) is 4.74 Å². The molecule has 0 radical (unpaired) electrons. The third-order valence-corrected chi connectivity index (χ3v) is 6.84. The Kier molecular flexibility index (Phi) is 6.56. The Balaban J connectivity index is 1.63. The van der Waals surface area contributed by atoms with E-state index < -0.39 is 0 Å². The van der Waals surface area contributed by atoms with Crippen molar-refractivity contribution in [3.63, 3.8) is 0 Å². The van der Waals surface area contributed by atoms with Crippen LogP contribution in [0.2, 0.25) is 0 Å². The molecule has 0 amide bonds. The maximum absolute atomic E-state index is 13.2. The first-order valence-electron chi connectivity index (χ1n) is 11.8. The van der Waals surface area contributed by atoms with E-state index in [1.165, 1.54) is 6.42 Å². The van der Waals surface area contributed by atoms with Gasteiger partial charge in [0.2, 0.25) is 5.78 Å². The number of carbonyl (C=O) groups excluding carboxylic acids is 1. The van der Waals surface area contributed by atoms with E-state index in [0.29, 0.717) is 35.2 Å². The van der Waals surface area contributed by atoms with Crippen molar-refractivity contribution >= 4 is 17.5 Å². The van der Waals surface area contributed by atoms with Crippen LogP contribution in [0.15, 0.2) is 36.1 Å². The Morgan fingerprint density at radius 3 is 2.56 bits per heavy atom. The quantitative estimate of drug-likeness (QED) is 0.605. The summed E-state index contributed by atoms with van der Waals surface area (Å²) >= 11 is 0. The lowest BCUT2D eigenvalue weighted by Gasteiger charge is -2.33. The predicted octanol–water partition coefficient (Wildman–Crippen LogP) is 5.54. The molecule has 2 aliphatic heterocycles. The number of piperidine rings is 1. The maximum atomic E-state index is 13.2. The molecule has 5 heteroatoms. The summed E-state index contributed by atoms with van der Waals surface area (Å²) in [6.07, 6.45) is 5.36. The number of benzene rings is 2. The molecular weight excluding hydrogens is 400 g/mol. The molecule has 0 bridgehead atoms. The molecule has 1 unspecified atom stereocenters. The zero-order chi connectivity index (χ0) is 22.8. The fourth-order valence-corrected chi connectivity index (χ4v) is 4.85. The number of allylic oxidation sites excluding steroid dienone is 1. The Morgan fingerprint density at radius 2 is 1.91 bits per heavy atom. The van der Waals surface area contributed by atoms with Gasteiger partial charge in [0.15, 0.2) is 5.76 Å². The molecule has 32 heavy (non-hydrogen) atoms. The minimum atomic E-state index is -0.113. The highest BCUT2D eigenvalue weighted by molar-refractivity contribution is 6.15. The molecule has 0 aliphatic carbocycles. The van der Waals surface area contributed by atoms with Gasteiger partial charge in [-0.2, -0.15) is 0 Å². The third kappa shape index (κ3) is 4.26. The normalized spacial score (nSPS) is 19.8. The molecule has 1 saturated heterocycles. The van der Waals surface area contributed by atoms with Crippen molar-refractivity contribution in [3.8, 4) is 11.5 Å². The third-order valence-electron chi connectivity index (χ3n) is 6.84. The largest absolute Gasteiger partial charge is 0.507 e. The molecule has 1 N–H and O–H groups in total. The van der Waals surface area contributed by atoms with Crippen LogP contribution in [0.5, 0.6) is 11.5 Å². The SMILES string of the molecule is CCN(CC)c1ccc(/C=C2\Oc3c(CN4CCCCC4C)c(O)cc(C)c3C2=O)cc1. The summed E-state index contributed by atoms with van der Waals surface area (Å²) in [5.41, 5.74) is 4.13. The van der Waals surface area contributed by atoms with Gasteiger partial charge < -0.3 is 14.7 Å². The number of phenols is 1. The average molecular weight is 435 g/mol. The van der Waals surface area contributed by atoms with Gasteiger partial charge >= 0.3 is 0 Å². The summed E-state index contributed by atoms with van der Waals surface area (Å²) in [4.78, 5) is 17.9. The minimum absolute atomic E-state index is 0.113. The molecule has 1 atom stereocenters. The van der Waals surface area contributed by atoms with Crippen LogP contribution >= 0.6 is 0 Å². The molecule has 2 heterocycles. The van der Waals surface area contributed by atoms with Crippen molar-refractivity contribution in [1.82, 2.24) is 4.90 Å². The lowest BCUT2D eigenvalue weighted by molar-refractivity contribution is 0.101. The molecule has 4 rings (SSSR count). The van der Waals surface area contributed by atoms with Crippen LogP contribution < -0.4 is 9.64 Å². The summed E-state index contributed by atoms with van der Waals surface area (Å²) in [6, 6.07) is 10.3. The zero-order valence-corrected chi connectivity index (χ0v) is 19.6. The fraction of sp³-hybridized carbons (Fsp3) is 0.444. The van der Waals surface area contributed by atoms with Crippen LogP contribution in [-0.4, -0.2) is 41.5 Å². The van der Waals surface area contributed by atoms with Crippen molar-refractivity contribution < 1.29 is 14.6 Å². The smallest absolute Gasteiger partial charge is 0.232 e. The second-order valence-corrected chi connectivity index (χ2v) is 8.91. The first-order valence-corrected chi connectivity index (χ1v) is 11.8. The average Bonchev–Trinajstić information content (AvgIpc) is 3.10. The molecule has 1 fully saturated rings. The first-order chi connectivity index (χ1) is 15.4. The van der Waals surface area contributed by atoms with Crippen LogP contribution in [0, 0.1) is 6.92 Å². The molecular formula is C27H34N2O3. The number of fused-ring (bicyclic) bond motifs is 1. The van der Waals surface area contributed by atoms with Crippen LogP contribution in [0.4, 0.5) is 5.69 Å². The molecule has 0 aromatic heterocycles. The number of anilines is 1. The minimum Gasteiger partial charge on any atom is -0.507 e. The summed E-state index contributed by atoms with van der Waals surface area (Å²) in [6.45, 7) is 11.9. The van der Waals surface area contributed by atoms with Gasteiger partial charge in [-0.25, -0.2) is 0 Å². The highest BCUT2D eigenvalue weighted by atomic mass is 16.5. The predicted molar refractivity (Wildman–Crippen MR) is 130 cm³/mol. The van der Waals surface area contributed by atoms with Crippen LogP contribution in [0.3, 0.4) is 0 Å². The van der Waals surface area contributed by atoms with Gasteiger partial charge in [-0.1, -0.05) is 18.6 Å². The van der Waals surface area contributed by atoms with Crippen molar-refractivity contribution in [2.45, 2.75) is 59.5 Å². The van der Waals surface area contributed by atoms with Gasteiger partial charge in [-0.15, -0.1) is 0 Å². The number of likely N-dealkylation sites (tertiary alicyclic amines) is 1. The van der Waals surface area contributed by atoms with Gasteiger partial charge in [-0.05, 0) is 82.5 Å². The molecule has 5 nitrogen and oxygen atoms in total. The van der Waals surface area contributed by atoms with Crippen LogP contribution in [0.25, 0.3) is 6.08 Å². The number of phenolic OH excluding ortho intramolecular Hbond substituents is 1. The monoisotopic (exact) mass is 434 g/mol. The van der Waals surface area contributed by atoms with E-state index in [1.54, 1.807) is 12.1 Å². The number of Topliss-reactive ketones (excluding diaryl/α,β-unsaturated/α-hetero) is 1. The molecule has 2 aromatic carbocycles. The van der Waals surface area contributed by atoms with E-state index in [-0.39, 0.29) is 11.5 Å². The number of nitrogens with zero attached hydrogens (tertiary/aromatic N) is 2. The molecule has 170 valence electrons. The van der Waals surface area contributed by atoms with Crippen LogP contribution in [0.1, 0.15) is 67.1 Å². The number of ketones is 1. The summed E-state index contributed by atoms with van der Waals surface area (Å²) in [5.74, 6) is 0.934. The summed E-state index contributed by atoms with van der Waals surface area (Å²) in [7, 11) is 0. The number of aryl methyl sites for hydroxylation is 1. The molecule has 2 aromatic rings. The number of aromatic hydroxyl groups is 1. The Hall–Kier alpha value is -2.79. The second kappa shape index (κ2) is 9.37. The number of carbonyl (C=O) groups is 1. The Morgan fingerprint density at radius 1 is 1.19 bits per heavy atom. The lowest BCUT2D eigenvalue weighted by Crippen LogP contribution is -2.36. The maximum Gasteiger partial charge on any atom is 0.232 e. The van der Waals surface area contributed by atoms with E-state index in [1.807, 2.05) is 19.1 Å². The Labute approximate surface area is 191 Å². The van der Waals surface area contributed by atoms with Gasteiger partial charge in [-0.3, -0.25) is 9.69 Å². The van der Waals surface area contributed by atoms with Crippen LogP contribution in [-0.2, 0) is 6.54 Å². The van der Waals surface area contributed by atoms with Crippen molar-refractivity contribution in [2.24, 2.45) is 0 Å². The van der Waals surface area contributed by atoms with E-state index in [9.17, 15) is 9.90 Å². The lowest BCUT2D eigenvalue weighted by atomic mass is 9.97. The molecule has 0 saturated carbocycles. The van der Waals surface area contributed by atoms with Crippen molar-refractivity contribution in [1.29, 1.82) is 0 Å². The van der Waals surface area contributed by atoms with E-state index in [2.05, 4.69) is 42.7 Å². The Bertz CT molecular complexity index is 1020. The fourth-order valence-electron chi connectivity index (χ4n) is 4.85. The van der Waals surface area contributed by atoms with Gasteiger partial charge in [0.1, 0.15) is 11.5 Å². The van der Waals surface area contributed by atoms with Gasteiger partial charge in [0, 0.05) is 31.4 Å². The number of rotatable bonds is 6. The van der Waals surface area contributed by atoms with E-state index >= 15 is 0 Å². The summed E-state index contributed by atoms with van der Waals surface area (Å²) in [5, 5.41) is 10.7. The van der Waals surface area contributed by atoms with Crippen molar-refractivity contribution in [3.05, 3.63) is 58.3 Å². The topological polar surface area (TPSA) is 53.0 Å². The zero-order valence-electron chi connectivity index (χ0n) is 19.6. The summed E-state index contributed by atoms with van der Waals surface area (Å²) < 4.78 is 6.13. The highest BCUT2D eigenvalue weighted by Gasteiger charge is 2.34. The number of hydrogen-bond acceptors (Lipinski definition) is 5. The number of hydrogen-bond donors (Lipinski definition) is 1. The van der Waals surface area contributed by atoms with Crippen molar-refractivity contribution in [2.75, 3.05) is 24.5 Å². The first kappa shape index (κ1) is 22.4. The highest BCUT2D eigenvalue weighted by Crippen LogP contribution is 2.42. The second-order valence-electron chi connectivity index (χ2n) is 8.91. The van der Waals surface area contributed by atoms with Gasteiger partial charge in [0.05, 0.1) is 11.1 Å². The molecule has 2 aliphatic rings. The number of ether oxygens (including phenoxy) is 1.